The summed E-state index contributed by atoms with van der Waals surface area (Å²) in [4.78, 5) is 25.1. The van der Waals surface area contributed by atoms with E-state index in [1.54, 1.807) is 0 Å². The molecule has 0 aromatic carbocycles. The number of carbonyl (C=O) groups is 2. The summed E-state index contributed by atoms with van der Waals surface area (Å²) in [6.07, 6.45) is 47.0. The highest BCUT2D eigenvalue weighted by molar-refractivity contribution is 5.76. The van der Waals surface area contributed by atoms with Crippen LogP contribution in [-0.4, -0.2) is 67.8 Å². The topological polar surface area (TPSA) is 78.4 Å². The molecule has 1 unspecified atom stereocenters. The molecule has 0 radical (unpaired) electrons. The molecule has 312 valence electrons. The van der Waals surface area contributed by atoms with Crippen molar-refractivity contribution < 1.29 is 19.2 Å². The molecule has 0 aliphatic rings. The zero-order valence-electron chi connectivity index (χ0n) is 36.1. The minimum Gasteiger partial charge on any atom is -0.396 e. The molecule has 0 aromatic heterocycles. The fraction of sp³-hybridized carbons (Fsp3) is 0.872. The van der Waals surface area contributed by atoms with E-state index in [1.165, 1.54) is 141 Å². The van der Waals surface area contributed by atoms with Crippen LogP contribution in [0.2, 0.25) is 0 Å². The van der Waals surface area contributed by atoms with Crippen LogP contribution in [0.25, 0.3) is 0 Å². The molecule has 0 saturated heterocycles. The minimum atomic E-state index is 0.112. The summed E-state index contributed by atoms with van der Waals surface area (Å²) < 4.78 is 0.865. The van der Waals surface area contributed by atoms with Gasteiger partial charge in [0.15, 0.2) is 0 Å². The third-order valence-corrected chi connectivity index (χ3v) is 10.8. The maximum atomic E-state index is 12.7. The van der Waals surface area contributed by atoms with Gasteiger partial charge in [0.1, 0.15) is 0 Å². The average molecular weight is 747 g/mol. The molecular weight excluding hydrogens is 655 g/mol. The van der Waals surface area contributed by atoms with Crippen LogP contribution in [-0.2, 0) is 9.59 Å². The van der Waals surface area contributed by atoms with E-state index in [1.807, 2.05) is 0 Å². The Balaban J connectivity index is 3.91. The lowest BCUT2D eigenvalue weighted by Crippen LogP contribution is -2.46. The monoisotopic (exact) mass is 747 g/mol. The fourth-order valence-electron chi connectivity index (χ4n) is 7.08. The molecule has 2 amide bonds. The Hall–Kier alpha value is -1.66. The standard InChI is InChI=1S/C47H91N3O3/c1-5-7-9-11-13-15-17-19-21-23-25-27-29-31-33-38-46(52)48-41-36-42-50(3,4)43-40-45(37-35-44-51)49-47(53)39-34-32-30-28-26-24-22-20-18-16-14-12-10-8-6-2/h19-22,45,51H,5-18,23-44H2,1-4H3,(H-,48,49,52,53)/p+1/b21-19-,22-20-. The summed E-state index contributed by atoms with van der Waals surface area (Å²) in [5.74, 6) is 0.343. The molecule has 1 atom stereocenters. The minimum absolute atomic E-state index is 0.112. The van der Waals surface area contributed by atoms with Crippen molar-refractivity contribution in [2.75, 3.05) is 40.3 Å². The number of nitrogens with zero attached hydrogens (tertiary/aromatic N) is 1. The first kappa shape index (κ1) is 51.3. The largest absolute Gasteiger partial charge is 0.396 e. The fourth-order valence-corrected chi connectivity index (χ4v) is 7.08. The molecule has 0 aromatic rings. The second-order valence-electron chi connectivity index (χ2n) is 16.7. The van der Waals surface area contributed by atoms with E-state index in [4.69, 9.17) is 0 Å². The van der Waals surface area contributed by atoms with Gasteiger partial charge in [-0.2, -0.15) is 0 Å². The van der Waals surface area contributed by atoms with E-state index in [9.17, 15) is 14.7 Å². The SMILES string of the molecule is CCCCCCCC/C=C\CCCCCCCC(=O)NCCC[N+](C)(C)CCC(CCCO)NC(=O)CCCCCCC/C=C\CCCCCCCC. The molecule has 6 nitrogen and oxygen atoms in total. The third kappa shape index (κ3) is 39.8. The van der Waals surface area contributed by atoms with Crippen molar-refractivity contribution >= 4 is 11.8 Å². The molecule has 0 fully saturated rings. The van der Waals surface area contributed by atoms with Gasteiger partial charge < -0.3 is 20.2 Å². The van der Waals surface area contributed by atoms with Crippen molar-refractivity contribution in [3.8, 4) is 0 Å². The van der Waals surface area contributed by atoms with Crippen LogP contribution in [0.15, 0.2) is 24.3 Å². The molecule has 0 heterocycles. The van der Waals surface area contributed by atoms with Gasteiger partial charge in [-0.25, -0.2) is 0 Å². The predicted molar refractivity (Wildman–Crippen MR) is 231 cm³/mol. The predicted octanol–water partition coefficient (Wildman–Crippen LogP) is 12.3. The van der Waals surface area contributed by atoms with Gasteiger partial charge in [0.2, 0.25) is 11.8 Å². The highest BCUT2D eigenvalue weighted by Crippen LogP contribution is 2.13. The lowest BCUT2D eigenvalue weighted by Gasteiger charge is -2.32. The number of allylic oxidation sites excluding steroid dienone is 4. The molecule has 0 spiro atoms. The number of unbranched alkanes of at least 4 members (excludes halogenated alkanes) is 22. The van der Waals surface area contributed by atoms with Crippen molar-refractivity contribution in [3.63, 3.8) is 0 Å². The van der Waals surface area contributed by atoms with E-state index in [-0.39, 0.29) is 24.5 Å². The normalized spacial score (nSPS) is 12.6. The Morgan fingerprint density at radius 3 is 1.38 bits per heavy atom. The van der Waals surface area contributed by atoms with Crippen LogP contribution in [0.4, 0.5) is 0 Å². The van der Waals surface area contributed by atoms with Gasteiger partial charge in [-0.05, 0) is 77.0 Å². The van der Waals surface area contributed by atoms with Crippen LogP contribution < -0.4 is 10.6 Å². The van der Waals surface area contributed by atoms with E-state index in [2.05, 4.69) is 62.9 Å². The van der Waals surface area contributed by atoms with Crippen molar-refractivity contribution in [3.05, 3.63) is 24.3 Å². The maximum Gasteiger partial charge on any atom is 0.220 e. The second kappa shape index (κ2) is 40.0. The molecule has 53 heavy (non-hydrogen) atoms. The highest BCUT2D eigenvalue weighted by Gasteiger charge is 2.20. The van der Waals surface area contributed by atoms with Crippen LogP contribution >= 0.6 is 0 Å². The number of hydrogen-bond acceptors (Lipinski definition) is 3. The van der Waals surface area contributed by atoms with Gasteiger partial charge in [-0.1, -0.05) is 141 Å². The average Bonchev–Trinajstić information content (AvgIpc) is 3.14. The summed E-state index contributed by atoms with van der Waals surface area (Å²) in [5, 5.41) is 15.8. The van der Waals surface area contributed by atoms with Gasteiger partial charge in [0.25, 0.3) is 0 Å². The number of quaternary nitrogens is 1. The third-order valence-electron chi connectivity index (χ3n) is 10.8. The van der Waals surface area contributed by atoms with Crippen LogP contribution in [0.3, 0.4) is 0 Å². The molecular formula is C47H92N3O3+. The van der Waals surface area contributed by atoms with Gasteiger partial charge in [0.05, 0.1) is 27.2 Å². The Labute approximate surface area is 330 Å². The zero-order chi connectivity index (χ0) is 38.9. The Morgan fingerprint density at radius 1 is 0.509 bits per heavy atom. The summed E-state index contributed by atoms with van der Waals surface area (Å²) in [6.45, 7) is 7.39. The van der Waals surface area contributed by atoms with E-state index in [0.717, 1.165) is 69.1 Å². The first-order valence-corrected chi connectivity index (χ1v) is 23.1. The number of aliphatic hydroxyl groups excluding tert-OH is 1. The van der Waals surface area contributed by atoms with Crippen LogP contribution in [0.1, 0.15) is 219 Å². The number of rotatable bonds is 41. The van der Waals surface area contributed by atoms with Crippen LogP contribution in [0.5, 0.6) is 0 Å². The molecule has 0 aliphatic carbocycles. The first-order chi connectivity index (χ1) is 25.8. The van der Waals surface area contributed by atoms with E-state index in [0.29, 0.717) is 19.3 Å². The first-order valence-electron chi connectivity index (χ1n) is 23.1. The van der Waals surface area contributed by atoms with Gasteiger partial charge in [-0.15, -0.1) is 0 Å². The Kier molecular flexibility index (Phi) is 38.8. The number of hydrogen-bond donors (Lipinski definition) is 3. The second-order valence-corrected chi connectivity index (χ2v) is 16.7. The lowest BCUT2D eigenvalue weighted by molar-refractivity contribution is -0.890. The van der Waals surface area contributed by atoms with Crippen molar-refractivity contribution in [1.29, 1.82) is 0 Å². The number of nitrogens with one attached hydrogen (secondary N) is 2. The van der Waals surface area contributed by atoms with Crippen molar-refractivity contribution in [1.82, 2.24) is 10.6 Å². The van der Waals surface area contributed by atoms with Gasteiger partial charge >= 0.3 is 0 Å². The highest BCUT2D eigenvalue weighted by atomic mass is 16.3. The quantitative estimate of drug-likeness (QED) is 0.0331. The Morgan fingerprint density at radius 2 is 0.925 bits per heavy atom. The zero-order valence-corrected chi connectivity index (χ0v) is 36.1. The molecule has 6 heteroatoms. The maximum absolute atomic E-state index is 12.7. The lowest BCUT2D eigenvalue weighted by atomic mass is 10.1. The van der Waals surface area contributed by atoms with Crippen LogP contribution in [0, 0.1) is 0 Å². The molecule has 0 saturated carbocycles. The van der Waals surface area contributed by atoms with E-state index < -0.39 is 0 Å². The van der Waals surface area contributed by atoms with Gasteiger partial charge in [-0.3, -0.25) is 9.59 Å². The number of aliphatic hydroxyl groups is 1. The molecule has 0 aliphatic heterocycles. The smallest absolute Gasteiger partial charge is 0.220 e. The molecule has 0 bridgehead atoms. The molecule has 3 N–H and O–H groups in total. The van der Waals surface area contributed by atoms with Crippen molar-refractivity contribution in [2.45, 2.75) is 225 Å². The number of amides is 2. The number of carbonyl (C=O) groups excluding carboxylic acids is 2. The van der Waals surface area contributed by atoms with E-state index >= 15 is 0 Å². The summed E-state index contributed by atoms with van der Waals surface area (Å²) in [5.41, 5.74) is 0. The van der Waals surface area contributed by atoms with Gasteiger partial charge in [0, 0.05) is 44.9 Å². The molecule has 0 rings (SSSR count). The summed E-state index contributed by atoms with van der Waals surface area (Å²) in [6, 6.07) is 0.112. The van der Waals surface area contributed by atoms with Crippen molar-refractivity contribution in [2.24, 2.45) is 0 Å². The summed E-state index contributed by atoms with van der Waals surface area (Å²) >= 11 is 0. The summed E-state index contributed by atoms with van der Waals surface area (Å²) in [7, 11) is 4.48. The Bertz CT molecular complexity index is 856.